The molecule has 0 spiro atoms. The van der Waals surface area contributed by atoms with E-state index in [1.807, 2.05) is 31.2 Å². The van der Waals surface area contributed by atoms with Gasteiger partial charge in [0.1, 0.15) is 11.5 Å². The molecule has 0 saturated carbocycles. The van der Waals surface area contributed by atoms with Gasteiger partial charge < -0.3 is 15.3 Å². The molecular weight excluding hydrogens is 240 g/mol. The Bertz CT molecular complexity index is 666. The Balaban J connectivity index is 1.80. The number of H-pyrrole nitrogens is 2. The van der Waals surface area contributed by atoms with E-state index >= 15 is 0 Å². The molecule has 0 aliphatic carbocycles. The van der Waals surface area contributed by atoms with Crippen molar-refractivity contribution in [1.29, 1.82) is 0 Å². The van der Waals surface area contributed by atoms with Gasteiger partial charge in [0.05, 0.1) is 17.1 Å². The molecule has 0 radical (unpaired) electrons. The third kappa shape index (κ3) is 2.22. The molecule has 0 bridgehead atoms. The summed E-state index contributed by atoms with van der Waals surface area (Å²) in [6, 6.07) is 11.1. The Morgan fingerprint density at radius 2 is 2.11 bits per heavy atom. The van der Waals surface area contributed by atoms with E-state index in [0.717, 1.165) is 16.9 Å². The maximum atomic E-state index is 11.9. The Hall–Kier alpha value is -2.56. The number of nitrogens with zero attached hydrogens (tertiary/aromatic N) is 1. The Kier molecular flexibility index (Phi) is 2.79. The fourth-order valence-corrected chi connectivity index (χ4v) is 1.99. The van der Waals surface area contributed by atoms with Gasteiger partial charge >= 0.3 is 0 Å². The first kappa shape index (κ1) is 11.5. The van der Waals surface area contributed by atoms with Crippen LogP contribution < -0.4 is 5.32 Å². The van der Waals surface area contributed by atoms with Crippen molar-refractivity contribution in [2.75, 3.05) is 0 Å². The highest BCUT2D eigenvalue weighted by molar-refractivity contribution is 5.92. The van der Waals surface area contributed by atoms with Gasteiger partial charge in [0.25, 0.3) is 5.91 Å². The van der Waals surface area contributed by atoms with Crippen LogP contribution in [-0.4, -0.2) is 20.9 Å². The molecule has 3 rings (SSSR count). The largest absolute Gasteiger partial charge is 0.357 e. The van der Waals surface area contributed by atoms with Crippen LogP contribution >= 0.6 is 0 Å². The van der Waals surface area contributed by atoms with Crippen molar-refractivity contribution in [1.82, 2.24) is 20.3 Å². The highest BCUT2D eigenvalue weighted by atomic mass is 16.1. The van der Waals surface area contributed by atoms with E-state index in [-0.39, 0.29) is 11.9 Å². The number of aromatic nitrogens is 3. The fraction of sp³-hybridized carbons (Fsp3) is 0.143. The van der Waals surface area contributed by atoms with E-state index in [1.165, 1.54) is 0 Å². The summed E-state index contributed by atoms with van der Waals surface area (Å²) in [5.41, 5.74) is 2.42. The SMILES string of the molecule is C[C@@H](NC(=O)c1ccc[nH]1)c1nc2ccccc2[nH]1. The van der Waals surface area contributed by atoms with E-state index < -0.39 is 0 Å². The second kappa shape index (κ2) is 4.61. The molecule has 2 aromatic heterocycles. The Morgan fingerprint density at radius 3 is 2.84 bits per heavy atom. The van der Waals surface area contributed by atoms with Crippen molar-refractivity contribution in [3.63, 3.8) is 0 Å². The summed E-state index contributed by atoms with van der Waals surface area (Å²) in [6.07, 6.45) is 1.72. The van der Waals surface area contributed by atoms with Crippen molar-refractivity contribution in [2.45, 2.75) is 13.0 Å². The monoisotopic (exact) mass is 254 g/mol. The quantitative estimate of drug-likeness (QED) is 0.671. The van der Waals surface area contributed by atoms with Crippen LogP contribution in [0.4, 0.5) is 0 Å². The number of carbonyl (C=O) groups is 1. The lowest BCUT2D eigenvalue weighted by molar-refractivity contribution is 0.0934. The van der Waals surface area contributed by atoms with Gasteiger partial charge in [0, 0.05) is 6.20 Å². The first-order valence-electron chi connectivity index (χ1n) is 6.13. The van der Waals surface area contributed by atoms with Crippen molar-refractivity contribution >= 4 is 16.9 Å². The van der Waals surface area contributed by atoms with Gasteiger partial charge in [-0.2, -0.15) is 0 Å². The van der Waals surface area contributed by atoms with Crippen molar-refractivity contribution in [2.24, 2.45) is 0 Å². The van der Waals surface area contributed by atoms with Crippen molar-refractivity contribution in [3.05, 3.63) is 54.1 Å². The molecule has 19 heavy (non-hydrogen) atoms. The molecule has 1 amide bonds. The average molecular weight is 254 g/mol. The molecule has 96 valence electrons. The lowest BCUT2D eigenvalue weighted by Crippen LogP contribution is -2.27. The molecule has 0 aliphatic heterocycles. The summed E-state index contributed by atoms with van der Waals surface area (Å²) in [5, 5.41) is 2.90. The smallest absolute Gasteiger partial charge is 0.268 e. The molecule has 0 unspecified atom stereocenters. The van der Waals surface area contributed by atoms with Crippen LogP contribution in [0.5, 0.6) is 0 Å². The minimum atomic E-state index is -0.178. The summed E-state index contributed by atoms with van der Waals surface area (Å²) in [4.78, 5) is 22.5. The lowest BCUT2D eigenvalue weighted by Gasteiger charge is -2.10. The van der Waals surface area contributed by atoms with Gasteiger partial charge in [-0.1, -0.05) is 12.1 Å². The minimum Gasteiger partial charge on any atom is -0.357 e. The number of imidazole rings is 1. The van der Waals surface area contributed by atoms with Crippen molar-refractivity contribution < 1.29 is 4.79 Å². The summed E-state index contributed by atoms with van der Waals surface area (Å²) < 4.78 is 0. The fourth-order valence-electron chi connectivity index (χ4n) is 1.99. The van der Waals surface area contributed by atoms with Crippen LogP contribution in [0.15, 0.2) is 42.6 Å². The van der Waals surface area contributed by atoms with Crippen LogP contribution in [-0.2, 0) is 0 Å². The maximum absolute atomic E-state index is 11.9. The summed E-state index contributed by atoms with van der Waals surface area (Å²) in [7, 11) is 0. The molecule has 0 fully saturated rings. The van der Waals surface area contributed by atoms with Gasteiger partial charge in [-0.15, -0.1) is 0 Å². The topological polar surface area (TPSA) is 73.6 Å². The molecule has 3 aromatic rings. The molecule has 3 N–H and O–H groups in total. The number of rotatable bonds is 3. The van der Waals surface area contributed by atoms with Crippen LogP contribution in [0.3, 0.4) is 0 Å². The third-order valence-electron chi connectivity index (χ3n) is 3.01. The lowest BCUT2D eigenvalue weighted by atomic mass is 10.3. The summed E-state index contributed by atoms with van der Waals surface area (Å²) in [5.74, 6) is 0.610. The second-order valence-corrected chi connectivity index (χ2v) is 4.42. The van der Waals surface area contributed by atoms with E-state index in [4.69, 9.17) is 0 Å². The Morgan fingerprint density at radius 1 is 1.26 bits per heavy atom. The number of carbonyl (C=O) groups excluding carboxylic acids is 1. The zero-order valence-corrected chi connectivity index (χ0v) is 10.5. The molecule has 5 heteroatoms. The van der Waals surface area contributed by atoms with E-state index in [0.29, 0.717) is 5.69 Å². The number of hydrogen-bond donors (Lipinski definition) is 3. The molecule has 0 saturated heterocycles. The molecular formula is C14H14N4O. The number of benzene rings is 1. The van der Waals surface area contributed by atoms with Crippen LogP contribution in [0, 0.1) is 0 Å². The molecule has 0 aliphatic rings. The Labute approximate surface area is 110 Å². The zero-order chi connectivity index (χ0) is 13.2. The normalized spacial score (nSPS) is 12.5. The number of amides is 1. The molecule has 5 nitrogen and oxygen atoms in total. The maximum Gasteiger partial charge on any atom is 0.268 e. The van der Waals surface area contributed by atoms with Gasteiger partial charge in [-0.3, -0.25) is 4.79 Å². The zero-order valence-electron chi connectivity index (χ0n) is 10.5. The van der Waals surface area contributed by atoms with Gasteiger partial charge in [-0.25, -0.2) is 4.98 Å². The van der Waals surface area contributed by atoms with E-state index in [2.05, 4.69) is 20.3 Å². The van der Waals surface area contributed by atoms with E-state index in [9.17, 15) is 4.79 Å². The minimum absolute atomic E-state index is 0.141. The number of fused-ring (bicyclic) bond motifs is 1. The summed E-state index contributed by atoms with van der Waals surface area (Å²) >= 11 is 0. The van der Waals surface area contributed by atoms with Gasteiger partial charge in [-0.05, 0) is 31.2 Å². The number of nitrogens with one attached hydrogen (secondary N) is 3. The van der Waals surface area contributed by atoms with Crippen molar-refractivity contribution in [3.8, 4) is 0 Å². The first-order valence-corrected chi connectivity index (χ1v) is 6.13. The standard InChI is InChI=1S/C14H14N4O/c1-9(16-14(19)12-7-4-8-15-12)13-17-10-5-2-3-6-11(10)18-13/h2-9,15H,1H3,(H,16,19)(H,17,18)/t9-/m1/s1. The highest BCUT2D eigenvalue weighted by Crippen LogP contribution is 2.15. The average Bonchev–Trinajstić information content (AvgIpc) is 3.07. The second-order valence-electron chi connectivity index (χ2n) is 4.42. The molecule has 2 heterocycles. The summed E-state index contributed by atoms with van der Waals surface area (Å²) in [6.45, 7) is 1.90. The number of hydrogen-bond acceptors (Lipinski definition) is 2. The van der Waals surface area contributed by atoms with Crippen LogP contribution in [0.25, 0.3) is 11.0 Å². The predicted octanol–water partition coefficient (Wildman–Crippen LogP) is 2.38. The first-order chi connectivity index (χ1) is 9.24. The van der Waals surface area contributed by atoms with Crippen LogP contribution in [0.1, 0.15) is 29.3 Å². The predicted molar refractivity (Wildman–Crippen MR) is 72.8 cm³/mol. The third-order valence-corrected chi connectivity index (χ3v) is 3.01. The molecule has 1 aromatic carbocycles. The highest BCUT2D eigenvalue weighted by Gasteiger charge is 2.14. The van der Waals surface area contributed by atoms with Gasteiger partial charge in [0.15, 0.2) is 0 Å². The number of aromatic amines is 2. The van der Waals surface area contributed by atoms with Gasteiger partial charge in [0.2, 0.25) is 0 Å². The number of para-hydroxylation sites is 2. The van der Waals surface area contributed by atoms with E-state index in [1.54, 1.807) is 18.3 Å². The van der Waals surface area contributed by atoms with Crippen LogP contribution in [0.2, 0.25) is 0 Å². The molecule has 1 atom stereocenters.